The summed E-state index contributed by atoms with van der Waals surface area (Å²) in [5, 5.41) is 3.24. The summed E-state index contributed by atoms with van der Waals surface area (Å²) in [5.74, 6) is -0.0404. The highest BCUT2D eigenvalue weighted by molar-refractivity contribution is 6.02. The van der Waals surface area contributed by atoms with Crippen molar-refractivity contribution in [3.8, 4) is 5.75 Å². The molecule has 0 atom stereocenters. The largest absolute Gasteiger partial charge is 0.432 e. The van der Waals surface area contributed by atoms with E-state index in [1.54, 1.807) is 26.3 Å². The van der Waals surface area contributed by atoms with Crippen molar-refractivity contribution in [1.29, 1.82) is 0 Å². The zero-order valence-corrected chi connectivity index (χ0v) is 12.8. The average molecular weight is 325 g/mol. The minimum atomic E-state index is -2.94. The molecular weight excluding hydrogens is 308 g/mol. The van der Waals surface area contributed by atoms with Gasteiger partial charge in [-0.2, -0.15) is 8.78 Å². The van der Waals surface area contributed by atoms with Gasteiger partial charge in [0.1, 0.15) is 5.52 Å². The van der Waals surface area contributed by atoms with E-state index in [9.17, 15) is 13.6 Å². The number of hydrogen-bond donors (Lipinski definition) is 1. The number of pyridine rings is 1. The van der Waals surface area contributed by atoms with Crippen LogP contribution in [0, 0.1) is 0 Å². The molecule has 0 saturated heterocycles. The zero-order valence-electron chi connectivity index (χ0n) is 12.8. The maximum Gasteiger partial charge on any atom is 0.387 e. The van der Waals surface area contributed by atoms with Gasteiger partial charge in [-0.15, -0.1) is 0 Å². The topological polar surface area (TPSA) is 63.7 Å². The number of benzene rings is 1. The van der Waals surface area contributed by atoms with Gasteiger partial charge in [0.15, 0.2) is 5.75 Å². The van der Waals surface area contributed by atoms with Crippen molar-refractivity contribution >= 4 is 22.6 Å². The molecule has 8 heteroatoms. The highest BCUT2D eigenvalue weighted by atomic mass is 19.3. The number of aromatic nitrogens is 1. The van der Waals surface area contributed by atoms with Crippen molar-refractivity contribution in [3.05, 3.63) is 30.5 Å². The second-order valence-corrected chi connectivity index (χ2v) is 4.73. The van der Waals surface area contributed by atoms with Crippen LogP contribution in [-0.4, -0.2) is 49.8 Å². The first-order chi connectivity index (χ1) is 11.0. The third-order valence-electron chi connectivity index (χ3n) is 3.17. The number of carbonyl (C=O) groups excluding carboxylic acids is 1. The number of nitrogens with zero attached hydrogens (tertiary/aromatic N) is 2. The number of alkyl halides is 2. The molecule has 2 amide bonds. The number of hydrogen-bond acceptors (Lipinski definition) is 4. The number of rotatable bonds is 6. The molecule has 0 aliphatic rings. The maximum atomic E-state index is 12.4. The molecule has 1 aromatic heterocycles. The molecule has 1 N–H and O–H groups in total. The molecule has 0 fully saturated rings. The van der Waals surface area contributed by atoms with Crippen LogP contribution < -0.4 is 10.1 Å². The summed E-state index contributed by atoms with van der Waals surface area (Å²) in [6.07, 6.45) is 1.47. The highest BCUT2D eigenvalue weighted by Gasteiger charge is 2.15. The van der Waals surface area contributed by atoms with Gasteiger partial charge >= 0.3 is 12.6 Å². The van der Waals surface area contributed by atoms with E-state index in [-0.39, 0.29) is 17.3 Å². The quantitative estimate of drug-likeness (QED) is 0.887. The van der Waals surface area contributed by atoms with Gasteiger partial charge in [0, 0.05) is 32.3 Å². The van der Waals surface area contributed by atoms with Crippen LogP contribution in [0.4, 0.5) is 19.3 Å². The summed E-state index contributed by atoms with van der Waals surface area (Å²) in [5.41, 5.74) is 0.717. The molecule has 0 bridgehead atoms. The second kappa shape index (κ2) is 7.68. The van der Waals surface area contributed by atoms with Crippen molar-refractivity contribution < 1.29 is 23.0 Å². The lowest BCUT2D eigenvalue weighted by Crippen LogP contribution is -2.33. The maximum absolute atomic E-state index is 12.4. The molecule has 1 heterocycles. The smallest absolute Gasteiger partial charge is 0.387 e. The Hall–Kier alpha value is -2.48. The number of likely N-dealkylation sites (N-methyl/N-ethyl adjacent to an activating group) is 1. The van der Waals surface area contributed by atoms with E-state index in [0.717, 1.165) is 0 Å². The second-order valence-electron chi connectivity index (χ2n) is 4.73. The van der Waals surface area contributed by atoms with E-state index in [1.165, 1.54) is 23.2 Å². The molecule has 0 aliphatic heterocycles. The number of anilines is 1. The lowest BCUT2D eigenvalue weighted by molar-refractivity contribution is -0.0489. The summed E-state index contributed by atoms with van der Waals surface area (Å²) in [6, 6.07) is 5.84. The minimum Gasteiger partial charge on any atom is -0.432 e. The van der Waals surface area contributed by atoms with Crippen molar-refractivity contribution in [2.75, 3.05) is 32.6 Å². The monoisotopic (exact) mass is 325 g/mol. The van der Waals surface area contributed by atoms with Crippen LogP contribution in [0.3, 0.4) is 0 Å². The first-order valence-electron chi connectivity index (χ1n) is 6.86. The summed E-state index contributed by atoms with van der Waals surface area (Å²) in [4.78, 5) is 17.6. The fourth-order valence-corrected chi connectivity index (χ4v) is 1.99. The molecule has 0 radical (unpaired) electrons. The Morgan fingerprint density at radius 1 is 1.39 bits per heavy atom. The standard InChI is InChI=1S/C15H17F2N3O3/c1-20(8-9-22-2)15(21)19-11-5-6-12(23-14(16)17)13-10(11)4-3-7-18-13/h3-7,14H,8-9H2,1-2H3,(H,19,21). The number of fused-ring (bicyclic) bond motifs is 1. The Morgan fingerprint density at radius 2 is 2.17 bits per heavy atom. The average Bonchev–Trinajstić information content (AvgIpc) is 2.54. The van der Waals surface area contributed by atoms with Gasteiger partial charge in [-0.05, 0) is 24.3 Å². The summed E-state index contributed by atoms with van der Waals surface area (Å²) < 4.78 is 34.3. The van der Waals surface area contributed by atoms with Crippen LogP contribution in [-0.2, 0) is 4.74 Å². The molecule has 0 unspecified atom stereocenters. The van der Waals surface area contributed by atoms with E-state index in [0.29, 0.717) is 24.2 Å². The van der Waals surface area contributed by atoms with Crippen molar-refractivity contribution in [1.82, 2.24) is 9.88 Å². The molecular formula is C15H17F2N3O3. The van der Waals surface area contributed by atoms with Crippen molar-refractivity contribution in [2.45, 2.75) is 6.61 Å². The number of carbonyl (C=O) groups is 1. The van der Waals surface area contributed by atoms with E-state index in [4.69, 9.17) is 4.74 Å². The van der Waals surface area contributed by atoms with Gasteiger partial charge in [-0.25, -0.2) is 4.79 Å². The van der Waals surface area contributed by atoms with Crippen molar-refractivity contribution in [2.24, 2.45) is 0 Å². The van der Waals surface area contributed by atoms with Crippen LogP contribution in [0.15, 0.2) is 30.5 Å². The van der Waals surface area contributed by atoms with Crippen LogP contribution in [0.2, 0.25) is 0 Å². The minimum absolute atomic E-state index is 0.0404. The highest BCUT2D eigenvalue weighted by Crippen LogP contribution is 2.31. The predicted octanol–water partition coefficient (Wildman–Crippen LogP) is 2.95. The fraction of sp³-hybridized carbons (Fsp3) is 0.333. The normalized spacial score (nSPS) is 10.8. The Labute approximate surface area is 132 Å². The molecule has 2 aromatic rings. The number of methoxy groups -OCH3 is 1. The molecule has 124 valence electrons. The summed E-state index contributed by atoms with van der Waals surface area (Å²) in [6.45, 7) is -2.11. The molecule has 6 nitrogen and oxygen atoms in total. The summed E-state index contributed by atoms with van der Waals surface area (Å²) >= 11 is 0. The number of urea groups is 1. The van der Waals surface area contributed by atoms with Crippen LogP contribution in [0.25, 0.3) is 10.9 Å². The van der Waals surface area contributed by atoms with E-state index in [2.05, 4.69) is 15.0 Å². The zero-order chi connectivity index (χ0) is 16.8. The van der Waals surface area contributed by atoms with Gasteiger partial charge < -0.3 is 19.7 Å². The first kappa shape index (κ1) is 16.9. The molecule has 0 spiro atoms. The lowest BCUT2D eigenvalue weighted by atomic mass is 10.1. The van der Waals surface area contributed by atoms with Crippen molar-refractivity contribution in [3.63, 3.8) is 0 Å². The number of amides is 2. The van der Waals surface area contributed by atoms with Crippen LogP contribution >= 0.6 is 0 Å². The Kier molecular flexibility index (Phi) is 5.64. The fourth-order valence-electron chi connectivity index (χ4n) is 1.99. The molecule has 1 aromatic carbocycles. The van der Waals surface area contributed by atoms with E-state index in [1.807, 2.05) is 0 Å². The lowest BCUT2D eigenvalue weighted by Gasteiger charge is -2.18. The molecule has 2 rings (SSSR count). The molecule has 0 aliphatic carbocycles. The Bertz CT molecular complexity index is 682. The molecule has 0 saturated carbocycles. The Morgan fingerprint density at radius 3 is 2.87 bits per heavy atom. The van der Waals surface area contributed by atoms with Crippen LogP contribution in [0.1, 0.15) is 0 Å². The van der Waals surface area contributed by atoms with Gasteiger partial charge in [-0.3, -0.25) is 4.98 Å². The number of halogens is 2. The van der Waals surface area contributed by atoms with E-state index < -0.39 is 6.61 Å². The first-order valence-corrected chi connectivity index (χ1v) is 6.86. The van der Waals surface area contributed by atoms with Gasteiger partial charge in [0.2, 0.25) is 0 Å². The SMILES string of the molecule is COCCN(C)C(=O)Nc1ccc(OC(F)F)c2ncccc12. The van der Waals surface area contributed by atoms with Gasteiger partial charge in [-0.1, -0.05) is 0 Å². The van der Waals surface area contributed by atoms with Gasteiger partial charge in [0.05, 0.1) is 12.3 Å². The molecule has 23 heavy (non-hydrogen) atoms. The third-order valence-corrected chi connectivity index (χ3v) is 3.17. The Balaban J connectivity index is 2.26. The number of ether oxygens (including phenoxy) is 2. The number of nitrogens with one attached hydrogen (secondary N) is 1. The third kappa shape index (κ3) is 4.26. The van der Waals surface area contributed by atoms with Gasteiger partial charge in [0.25, 0.3) is 0 Å². The van der Waals surface area contributed by atoms with E-state index >= 15 is 0 Å². The predicted molar refractivity (Wildman–Crippen MR) is 81.9 cm³/mol. The summed E-state index contributed by atoms with van der Waals surface area (Å²) in [7, 11) is 3.18. The van der Waals surface area contributed by atoms with Crippen LogP contribution in [0.5, 0.6) is 5.75 Å².